The average molecular weight is 280 g/mol. The van der Waals surface area contributed by atoms with Crippen LogP contribution in [0.1, 0.15) is 0 Å². The predicted molar refractivity (Wildman–Crippen MR) is 79.7 cm³/mol. The average Bonchev–Trinajstić information content (AvgIpc) is 2.98. The molecular formula is C14H13BN4O2. The second-order valence-corrected chi connectivity index (χ2v) is 4.72. The Morgan fingerprint density at radius 3 is 2.29 bits per heavy atom. The molecule has 0 aliphatic heterocycles. The molecule has 0 aliphatic carbocycles. The molecule has 104 valence electrons. The lowest BCUT2D eigenvalue weighted by Crippen LogP contribution is -2.25. The van der Waals surface area contributed by atoms with Crippen LogP contribution in [0, 0.1) is 0 Å². The highest BCUT2D eigenvalue weighted by atomic mass is 16.3. The van der Waals surface area contributed by atoms with E-state index in [-0.39, 0.29) is 5.75 Å². The van der Waals surface area contributed by atoms with Crippen LogP contribution < -0.4 is 5.46 Å². The molecule has 0 saturated heterocycles. The van der Waals surface area contributed by atoms with E-state index in [2.05, 4.69) is 15.4 Å². The van der Waals surface area contributed by atoms with Gasteiger partial charge in [0, 0.05) is 5.56 Å². The molecule has 21 heavy (non-hydrogen) atoms. The van der Waals surface area contributed by atoms with Crippen LogP contribution in [0.15, 0.2) is 48.5 Å². The van der Waals surface area contributed by atoms with Crippen LogP contribution in [-0.4, -0.2) is 37.3 Å². The third-order valence-corrected chi connectivity index (χ3v) is 3.15. The highest BCUT2D eigenvalue weighted by Crippen LogP contribution is 2.18. The van der Waals surface area contributed by atoms with E-state index in [4.69, 9.17) is 0 Å². The first-order chi connectivity index (χ1) is 10.1. The summed E-state index contributed by atoms with van der Waals surface area (Å²) in [4.78, 5) is 1.42. The summed E-state index contributed by atoms with van der Waals surface area (Å²) in [7, 11) is 0. The fourth-order valence-electron chi connectivity index (χ4n) is 1.94. The minimum absolute atomic E-state index is 0.194. The molecule has 0 radical (unpaired) electrons. The second kappa shape index (κ2) is 5.38. The maximum atomic E-state index is 9.49. The Bertz CT molecular complexity index is 738. The SMILES string of the molecule is CB(O)c1ccc(-n2nnc(-c3ccc(O)cc3)n2)cc1. The van der Waals surface area contributed by atoms with Crippen LogP contribution in [0.3, 0.4) is 0 Å². The molecule has 7 heteroatoms. The van der Waals surface area contributed by atoms with Gasteiger partial charge in [-0.15, -0.1) is 15.0 Å². The van der Waals surface area contributed by atoms with Crippen LogP contribution in [-0.2, 0) is 0 Å². The van der Waals surface area contributed by atoms with Crippen LogP contribution in [0.5, 0.6) is 5.75 Å². The van der Waals surface area contributed by atoms with E-state index < -0.39 is 6.92 Å². The fourth-order valence-corrected chi connectivity index (χ4v) is 1.94. The first-order valence-electron chi connectivity index (χ1n) is 6.51. The minimum atomic E-state index is -0.504. The third kappa shape index (κ3) is 2.77. The maximum Gasteiger partial charge on any atom is 0.320 e. The number of hydrogen-bond donors (Lipinski definition) is 2. The first-order valence-corrected chi connectivity index (χ1v) is 6.51. The van der Waals surface area contributed by atoms with Crippen LogP contribution in [0.25, 0.3) is 17.1 Å². The monoisotopic (exact) mass is 280 g/mol. The largest absolute Gasteiger partial charge is 0.508 e. The van der Waals surface area contributed by atoms with Gasteiger partial charge in [-0.25, -0.2) is 0 Å². The predicted octanol–water partition coefficient (Wildman–Crippen LogP) is 0.855. The van der Waals surface area contributed by atoms with E-state index in [1.807, 2.05) is 24.3 Å². The standard InChI is InChI=1S/C14H13BN4O2/c1-15(21)11-4-6-12(7-5-11)19-17-14(16-18-19)10-2-8-13(20)9-3-10/h2-9,20-21H,1H3. The Labute approximate surface area is 121 Å². The van der Waals surface area contributed by atoms with Gasteiger partial charge in [0.25, 0.3) is 0 Å². The second-order valence-electron chi connectivity index (χ2n) is 4.72. The number of aromatic hydroxyl groups is 1. The molecular weight excluding hydrogens is 267 g/mol. The quantitative estimate of drug-likeness (QED) is 0.695. The smallest absolute Gasteiger partial charge is 0.320 e. The van der Waals surface area contributed by atoms with Crippen LogP contribution >= 0.6 is 0 Å². The van der Waals surface area contributed by atoms with Gasteiger partial charge in [0.1, 0.15) is 5.75 Å². The molecule has 0 atom stereocenters. The van der Waals surface area contributed by atoms with E-state index in [1.54, 1.807) is 31.1 Å². The molecule has 3 rings (SSSR count). The van der Waals surface area contributed by atoms with E-state index in [0.29, 0.717) is 5.82 Å². The Morgan fingerprint density at radius 1 is 1.00 bits per heavy atom. The van der Waals surface area contributed by atoms with Gasteiger partial charge in [0.15, 0.2) is 0 Å². The molecule has 2 N–H and O–H groups in total. The lowest BCUT2D eigenvalue weighted by molar-refractivity contribution is 0.475. The zero-order valence-corrected chi connectivity index (χ0v) is 11.4. The molecule has 3 aromatic rings. The van der Waals surface area contributed by atoms with E-state index >= 15 is 0 Å². The molecule has 0 fully saturated rings. The summed E-state index contributed by atoms with van der Waals surface area (Å²) < 4.78 is 0. The van der Waals surface area contributed by atoms with Gasteiger partial charge in [-0.05, 0) is 47.1 Å². The van der Waals surface area contributed by atoms with E-state index in [9.17, 15) is 10.1 Å². The van der Waals surface area contributed by atoms with Crippen molar-refractivity contribution in [3.8, 4) is 22.8 Å². The number of hydrogen-bond acceptors (Lipinski definition) is 5. The van der Waals surface area contributed by atoms with Crippen molar-refractivity contribution < 1.29 is 10.1 Å². The molecule has 0 bridgehead atoms. The van der Waals surface area contributed by atoms with Gasteiger partial charge in [-0.3, -0.25) is 0 Å². The summed E-state index contributed by atoms with van der Waals surface area (Å²) in [5, 5.41) is 31.1. The Kier molecular flexibility index (Phi) is 3.41. The number of aromatic nitrogens is 4. The molecule has 0 aliphatic rings. The zero-order chi connectivity index (χ0) is 14.8. The molecule has 0 spiro atoms. The number of benzene rings is 2. The van der Waals surface area contributed by atoms with Gasteiger partial charge in [-0.1, -0.05) is 19.0 Å². The normalized spacial score (nSPS) is 10.6. The summed E-state index contributed by atoms with van der Waals surface area (Å²) in [5.41, 5.74) is 2.37. The van der Waals surface area contributed by atoms with E-state index in [1.165, 1.54) is 4.80 Å². The number of rotatable bonds is 3. The van der Waals surface area contributed by atoms with Crippen molar-refractivity contribution in [2.24, 2.45) is 0 Å². The van der Waals surface area contributed by atoms with Crippen LogP contribution in [0.2, 0.25) is 6.82 Å². The van der Waals surface area contributed by atoms with Gasteiger partial charge in [0.05, 0.1) is 5.69 Å². The highest BCUT2D eigenvalue weighted by Gasteiger charge is 2.09. The van der Waals surface area contributed by atoms with Gasteiger partial charge >= 0.3 is 6.92 Å². The number of phenolic OH excluding ortho intramolecular Hbond substituents is 1. The van der Waals surface area contributed by atoms with Crippen molar-refractivity contribution in [3.63, 3.8) is 0 Å². The highest BCUT2D eigenvalue weighted by molar-refractivity contribution is 6.64. The van der Waals surface area contributed by atoms with Crippen molar-refractivity contribution >= 4 is 12.4 Å². The first kappa shape index (κ1) is 13.3. The van der Waals surface area contributed by atoms with Gasteiger partial charge in [0.2, 0.25) is 5.82 Å². The number of phenols is 1. The zero-order valence-electron chi connectivity index (χ0n) is 11.4. The molecule has 0 unspecified atom stereocenters. The van der Waals surface area contributed by atoms with Crippen molar-refractivity contribution in [2.75, 3.05) is 0 Å². The Morgan fingerprint density at radius 2 is 1.67 bits per heavy atom. The third-order valence-electron chi connectivity index (χ3n) is 3.15. The molecule has 1 heterocycles. The summed E-state index contributed by atoms with van der Waals surface area (Å²) in [6.07, 6.45) is 0. The van der Waals surface area contributed by atoms with E-state index in [0.717, 1.165) is 16.7 Å². The summed E-state index contributed by atoms with van der Waals surface area (Å²) >= 11 is 0. The molecule has 1 aromatic heterocycles. The molecule has 2 aromatic carbocycles. The minimum Gasteiger partial charge on any atom is -0.508 e. The molecule has 0 amide bonds. The lowest BCUT2D eigenvalue weighted by Gasteiger charge is -2.02. The summed E-state index contributed by atoms with van der Waals surface area (Å²) in [6, 6.07) is 13.9. The van der Waals surface area contributed by atoms with Crippen molar-refractivity contribution in [3.05, 3.63) is 48.5 Å². The summed E-state index contributed by atoms with van der Waals surface area (Å²) in [5.74, 6) is 0.675. The lowest BCUT2D eigenvalue weighted by atomic mass is 9.64. The van der Waals surface area contributed by atoms with Crippen LogP contribution in [0.4, 0.5) is 0 Å². The maximum absolute atomic E-state index is 9.49. The Hall–Kier alpha value is -2.67. The molecule has 0 saturated carbocycles. The topological polar surface area (TPSA) is 84.1 Å². The van der Waals surface area contributed by atoms with Gasteiger partial charge < -0.3 is 10.1 Å². The fraction of sp³-hybridized carbons (Fsp3) is 0.0714. The number of nitrogens with zero attached hydrogens (tertiary/aromatic N) is 4. The van der Waals surface area contributed by atoms with Crippen molar-refractivity contribution in [1.29, 1.82) is 0 Å². The number of tetrazole rings is 1. The summed E-state index contributed by atoms with van der Waals surface area (Å²) in [6.45, 7) is 1.21. The van der Waals surface area contributed by atoms with Crippen molar-refractivity contribution in [2.45, 2.75) is 6.82 Å². The van der Waals surface area contributed by atoms with Crippen molar-refractivity contribution in [1.82, 2.24) is 20.2 Å². The Balaban J connectivity index is 1.89. The molecule has 6 nitrogen and oxygen atoms in total. The van der Waals surface area contributed by atoms with Gasteiger partial charge in [-0.2, -0.15) is 0 Å².